The fraction of sp³-hybridized carbons (Fsp3) is 0.167. The molecule has 0 unspecified atom stereocenters. The van der Waals surface area contributed by atoms with E-state index in [2.05, 4.69) is 10.1 Å². The molecule has 0 bridgehead atoms. The normalized spacial score (nSPS) is 10.7. The van der Waals surface area contributed by atoms with Gasteiger partial charge in [0.1, 0.15) is 0 Å². The lowest BCUT2D eigenvalue weighted by atomic mass is 10.1. The van der Waals surface area contributed by atoms with Gasteiger partial charge in [0.15, 0.2) is 6.61 Å². The van der Waals surface area contributed by atoms with Crippen LogP contribution in [0.3, 0.4) is 0 Å². The topological polar surface area (TPSA) is 65.2 Å². The summed E-state index contributed by atoms with van der Waals surface area (Å²) in [6.45, 7) is 1.85. The van der Waals surface area contributed by atoms with Crippen LogP contribution in [-0.4, -0.2) is 22.4 Å². The van der Waals surface area contributed by atoms with E-state index in [0.717, 1.165) is 16.0 Å². The molecule has 3 aromatic rings. The zero-order valence-corrected chi connectivity index (χ0v) is 15.2. The molecule has 0 spiro atoms. The van der Waals surface area contributed by atoms with Crippen LogP contribution in [0.5, 0.6) is 0 Å². The predicted molar refractivity (Wildman–Crippen MR) is 96.8 cm³/mol. The minimum absolute atomic E-state index is 0.114. The Kier molecular flexibility index (Phi) is 5.40. The lowest BCUT2D eigenvalue weighted by molar-refractivity contribution is 0.0429. The molecule has 0 radical (unpaired) electrons. The van der Waals surface area contributed by atoms with Gasteiger partial charge in [-0.2, -0.15) is 4.98 Å². The van der Waals surface area contributed by atoms with Gasteiger partial charge in [-0.25, -0.2) is 4.79 Å². The van der Waals surface area contributed by atoms with Crippen molar-refractivity contribution >= 4 is 29.3 Å². The molecular weight excluding hydrogens is 360 g/mol. The molecule has 0 N–H and O–H groups in total. The lowest BCUT2D eigenvalue weighted by Gasteiger charge is -2.05. The molecule has 1 heterocycles. The number of thioether (sulfide) groups is 1. The second kappa shape index (κ2) is 7.72. The number of carbonyl (C=O) groups excluding carboxylic acids is 1. The number of aryl methyl sites for hydroxylation is 1. The van der Waals surface area contributed by atoms with Gasteiger partial charge in [-0.05, 0) is 36.9 Å². The molecule has 7 heteroatoms. The zero-order chi connectivity index (χ0) is 17.8. The molecule has 2 aromatic carbocycles. The summed E-state index contributed by atoms with van der Waals surface area (Å²) in [5.74, 6) is 0.159. The van der Waals surface area contributed by atoms with Crippen LogP contribution < -0.4 is 0 Å². The van der Waals surface area contributed by atoms with Gasteiger partial charge in [0, 0.05) is 10.5 Å². The number of carbonyl (C=O) groups is 1. The van der Waals surface area contributed by atoms with Crippen molar-refractivity contribution in [2.45, 2.75) is 18.4 Å². The summed E-state index contributed by atoms with van der Waals surface area (Å²) >= 11 is 7.59. The van der Waals surface area contributed by atoms with Crippen LogP contribution in [0.15, 0.2) is 51.9 Å². The summed E-state index contributed by atoms with van der Waals surface area (Å²) in [5, 5.41) is 4.28. The number of nitrogens with zero attached hydrogens (tertiary/aromatic N) is 2. The molecule has 3 rings (SSSR count). The van der Waals surface area contributed by atoms with Gasteiger partial charge in [-0.15, -0.1) is 11.8 Å². The Balaban J connectivity index is 1.70. The second-order valence-corrected chi connectivity index (χ2v) is 6.54. The Labute approximate surface area is 154 Å². The summed E-state index contributed by atoms with van der Waals surface area (Å²) in [6.07, 6.45) is 1.92. The number of esters is 1. The molecule has 0 saturated heterocycles. The van der Waals surface area contributed by atoms with Crippen LogP contribution in [0.2, 0.25) is 5.02 Å². The summed E-state index contributed by atoms with van der Waals surface area (Å²) < 4.78 is 10.4. The summed E-state index contributed by atoms with van der Waals surface area (Å²) in [4.78, 5) is 17.4. The second-order valence-electron chi connectivity index (χ2n) is 5.25. The van der Waals surface area contributed by atoms with Crippen molar-refractivity contribution in [3.8, 4) is 11.4 Å². The molecule has 0 amide bonds. The molecule has 0 aliphatic rings. The number of rotatable bonds is 5. The van der Waals surface area contributed by atoms with Crippen LogP contribution in [-0.2, 0) is 11.3 Å². The summed E-state index contributed by atoms with van der Waals surface area (Å²) in [7, 11) is 0. The van der Waals surface area contributed by atoms with Crippen molar-refractivity contribution in [2.24, 2.45) is 0 Å². The van der Waals surface area contributed by atoms with Gasteiger partial charge in [-0.1, -0.05) is 41.0 Å². The summed E-state index contributed by atoms with van der Waals surface area (Å²) in [5.41, 5.74) is 2.22. The number of aromatic nitrogens is 2. The average Bonchev–Trinajstić information content (AvgIpc) is 3.09. The highest BCUT2D eigenvalue weighted by molar-refractivity contribution is 7.98. The van der Waals surface area contributed by atoms with Crippen LogP contribution in [0.25, 0.3) is 11.4 Å². The third-order valence-electron chi connectivity index (χ3n) is 3.57. The fourth-order valence-electron chi connectivity index (χ4n) is 2.24. The predicted octanol–water partition coefficient (Wildman–Crippen LogP) is 4.78. The van der Waals surface area contributed by atoms with Crippen LogP contribution in [0.1, 0.15) is 21.8 Å². The Bertz CT molecular complexity index is 911. The van der Waals surface area contributed by atoms with Gasteiger partial charge in [0.05, 0.1) is 10.6 Å². The molecular formula is C18H15ClN2O3S. The van der Waals surface area contributed by atoms with E-state index in [1.807, 2.05) is 43.5 Å². The molecule has 0 atom stereocenters. The van der Waals surface area contributed by atoms with E-state index in [1.165, 1.54) is 11.8 Å². The first-order valence-corrected chi connectivity index (χ1v) is 9.08. The standard InChI is InChI=1S/C18H15ClN2O3S/c1-11-5-3-4-6-13(11)17-20-16(24-21-17)10-23-18(22)14-9-12(25-2)7-8-15(14)19/h3-9H,10H2,1-2H3. The number of benzene rings is 2. The molecule has 1 aromatic heterocycles. The maximum Gasteiger partial charge on any atom is 0.340 e. The van der Waals surface area contributed by atoms with Gasteiger partial charge < -0.3 is 9.26 Å². The first-order valence-electron chi connectivity index (χ1n) is 7.47. The molecule has 0 aliphatic heterocycles. The van der Waals surface area contributed by atoms with Gasteiger partial charge in [0.25, 0.3) is 5.89 Å². The van der Waals surface area contributed by atoms with Crippen molar-refractivity contribution in [3.05, 3.63) is 64.5 Å². The smallest absolute Gasteiger partial charge is 0.340 e. The number of ether oxygens (including phenoxy) is 1. The van der Waals surface area contributed by atoms with Crippen molar-refractivity contribution in [3.63, 3.8) is 0 Å². The van der Waals surface area contributed by atoms with Gasteiger partial charge in [-0.3, -0.25) is 0 Å². The Morgan fingerprint density at radius 1 is 1.28 bits per heavy atom. The van der Waals surface area contributed by atoms with E-state index in [0.29, 0.717) is 16.4 Å². The van der Waals surface area contributed by atoms with Crippen molar-refractivity contribution < 1.29 is 14.1 Å². The largest absolute Gasteiger partial charge is 0.452 e. The van der Waals surface area contributed by atoms with Crippen molar-refractivity contribution in [2.75, 3.05) is 6.26 Å². The highest BCUT2D eigenvalue weighted by Gasteiger charge is 2.16. The summed E-state index contributed by atoms with van der Waals surface area (Å²) in [6, 6.07) is 12.9. The van der Waals surface area contributed by atoms with Gasteiger partial charge >= 0.3 is 5.97 Å². The third-order valence-corrected chi connectivity index (χ3v) is 4.63. The Morgan fingerprint density at radius 3 is 2.84 bits per heavy atom. The maximum atomic E-state index is 12.2. The highest BCUT2D eigenvalue weighted by atomic mass is 35.5. The van der Waals surface area contributed by atoms with E-state index in [-0.39, 0.29) is 12.5 Å². The molecule has 25 heavy (non-hydrogen) atoms. The van der Waals surface area contributed by atoms with E-state index in [9.17, 15) is 4.79 Å². The van der Waals surface area contributed by atoms with Crippen LogP contribution in [0, 0.1) is 6.92 Å². The Morgan fingerprint density at radius 2 is 2.08 bits per heavy atom. The van der Waals surface area contributed by atoms with E-state index >= 15 is 0 Å². The van der Waals surface area contributed by atoms with Crippen LogP contribution in [0.4, 0.5) is 0 Å². The van der Waals surface area contributed by atoms with E-state index in [4.69, 9.17) is 20.9 Å². The van der Waals surface area contributed by atoms with E-state index < -0.39 is 5.97 Å². The monoisotopic (exact) mass is 374 g/mol. The molecule has 0 saturated carbocycles. The van der Waals surface area contributed by atoms with Crippen LogP contribution >= 0.6 is 23.4 Å². The highest BCUT2D eigenvalue weighted by Crippen LogP contribution is 2.24. The third kappa shape index (κ3) is 4.03. The Hall–Kier alpha value is -2.31. The minimum atomic E-state index is -0.531. The molecule has 0 aliphatic carbocycles. The first-order chi connectivity index (χ1) is 12.1. The zero-order valence-electron chi connectivity index (χ0n) is 13.7. The number of halogens is 1. The number of hydrogen-bond acceptors (Lipinski definition) is 6. The van der Waals surface area contributed by atoms with Crippen molar-refractivity contribution in [1.29, 1.82) is 0 Å². The van der Waals surface area contributed by atoms with Gasteiger partial charge in [0.2, 0.25) is 5.82 Å². The van der Waals surface area contributed by atoms with E-state index in [1.54, 1.807) is 12.1 Å². The minimum Gasteiger partial charge on any atom is -0.452 e. The fourth-order valence-corrected chi connectivity index (χ4v) is 2.87. The SMILES string of the molecule is CSc1ccc(Cl)c(C(=O)OCc2nc(-c3ccccc3C)no2)c1. The maximum absolute atomic E-state index is 12.2. The average molecular weight is 375 g/mol. The molecule has 128 valence electrons. The number of hydrogen-bond donors (Lipinski definition) is 0. The first kappa shape index (κ1) is 17.5. The quantitative estimate of drug-likeness (QED) is 0.473. The lowest BCUT2D eigenvalue weighted by Crippen LogP contribution is -2.06. The molecule has 5 nitrogen and oxygen atoms in total. The van der Waals surface area contributed by atoms with Crippen molar-refractivity contribution in [1.82, 2.24) is 10.1 Å². The molecule has 0 fully saturated rings.